The molecular weight excluding hydrogens is 1310 g/mol. The number of hydrogen-bond acceptors (Lipinski definition) is 21. The van der Waals surface area contributed by atoms with Crippen molar-refractivity contribution < 1.29 is 45.2 Å². The number of H-pyrrole nitrogens is 1. The van der Waals surface area contributed by atoms with Crippen LogP contribution in [-0.4, -0.2) is 178 Å². The first-order chi connectivity index (χ1) is 48.8. The molecule has 12 heterocycles. The number of nitrogens with zero attached hydrogens (tertiary/aromatic N) is 13. The van der Waals surface area contributed by atoms with Gasteiger partial charge in [0.2, 0.25) is 17.6 Å². The fraction of sp³-hybridized carbons (Fsp3) is 0.307. The van der Waals surface area contributed by atoms with E-state index in [2.05, 4.69) is 107 Å². The number of β-amino-alcohol motifs (C(OH)–C–C–N with tert-alkyl or cyclic N) is 3. The van der Waals surface area contributed by atoms with Crippen LogP contribution in [0.2, 0.25) is 51.4 Å². The SMILES string of the molecule is C[Si](C)(C)CCOCn1nccc1-c1ccc(Oc2ccc3nc(C=O)ccc3c2)nc1.C[Si](C)(C)CCOCn1nccc1-c1ccc(Oc2ccc3nc(CN4CC(O)C4)ccc3c2)nc1.OC1CN(Cc2ccc3cc(Oc4ccc(-c5ccn[nH]5)cn4)ccc3n2)C1.OC1CNC1.[2HH]. The van der Waals surface area contributed by atoms with Gasteiger partial charge in [0, 0.05) is 171 Å². The molecule has 0 bridgehead atoms. The fourth-order valence-corrected chi connectivity index (χ4v) is 12.4. The van der Waals surface area contributed by atoms with Crippen molar-refractivity contribution in [1.29, 1.82) is 0 Å². The molecule has 0 aliphatic carbocycles. The minimum absolute atomic E-state index is 0. The average molecular weight is 1400 g/mol. The Hall–Kier alpha value is -9.85. The highest BCUT2D eigenvalue weighted by Gasteiger charge is 2.26. The van der Waals surface area contributed by atoms with Gasteiger partial charge < -0.3 is 44.3 Å². The van der Waals surface area contributed by atoms with Crippen LogP contribution >= 0.6 is 0 Å². The third kappa shape index (κ3) is 20.4. The first-order valence-electron chi connectivity index (χ1n) is 33.8. The monoisotopic (exact) mass is 1400 g/mol. The standard InChI is InChI=1S/C27H33N5O3Si.C24H26N4O3Si.C21H19N5O2.C3H7NO.H2/c1-36(2,3)13-12-34-19-32-26(10-11-29-32)21-5-9-27(28-15-21)35-24-7-8-25-20(14-24)4-6-22(30-25)16-31-17-23(33)18-31;1-32(2,3)13-12-30-17-28-23(10-11-26-28)19-5-9-24(25-15-19)31-21-7-8-22-18(14-21)4-6-20(16-29)27-22;27-17-12-26(13-17)11-16-3-1-14-9-18(4-5-19(14)24-16)28-21-6-2-15(10-22-21)20-7-8-23-25-20;5-3-1-4-2-3;/h4-11,14-15,23,33H,12-13,16-19H2,1-3H3;4-11,14-16H,12-13,17H2,1-3H3;1-10,17,27H,11-13H2,(H,23,25);3-5H,1-2H2;1H/i;;;;1+1. The fourth-order valence-electron chi connectivity index (χ4n) is 10.9. The molecule has 5 N–H and O–H groups in total. The van der Waals surface area contributed by atoms with Crippen molar-refractivity contribution in [2.24, 2.45) is 0 Å². The van der Waals surface area contributed by atoms with Crippen LogP contribution in [0.4, 0.5) is 0 Å². The molecule has 101 heavy (non-hydrogen) atoms. The molecule has 15 rings (SSSR count). The van der Waals surface area contributed by atoms with E-state index in [-0.39, 0.29) is 19.7 Å². The molecule has 0 spiro atoms. The number of carbonyl (C=O) groups excluding carboxylic acids is 1. The lowest BCUT2D eigenvalue weighted by molar-refractivity contribution is -0.00370. The number of aromatic nitrogens is 12. The van der Waals surface area contributed by atoms with Crippen molar-refractivity contribution in [3.05, 3.63) is 200 Å². The number of aliphatic hydroxyl groups is 3. The maximum atomic E-state index is 10.9. The van der Waals surface area contributed by atoms with E-state index in [1.165, 1.54) is 0 Å². The van der Waals surface area contributed by atoms with Gasteiger partial charge in [-0.3, -0.25) is 29.7 Å². The molecule has 12 aromatic rings. The van der Waals surface area contributed by atoms with Crippen molar-refractivity contribution in [2.45, 2.75) is 96.2 Å². The average Bonchev–Trinajstić information content (AvgIpc) is 1.03. The molecule has 26 heteroatoms. The van der Waals surface area contributed by atoms with Crippen LogP contribution in [0.25, 0.3) is 66.5 Å². The molecule has 0 saturated carbocycles. The van der Waals surface area contributed by atoms with Gasteiger partial charge in [-0.15, -0.1) is 0 Å². The van der Waals surface area contributed by atoms with Crippen LogP contribution in [0.3, 0.4) is 0 Å². The number of aromatic amines is 1. The molecule has 524 valence electrons. The van der Waals surface area contributed by atoms with Crippen LogP contribution in [0.5, 0.6) is 34.9 Å². The van der Waals surface area contributed by atoms with E-state index in [4.69, 9.17) is 38.8 Å². The Balaban J connectivity index is 0.000000148. The van der Waals surface area contributed by atoms with Crippen LogP contribution in [0.1, 0.15) is 23.3 Å². The van der Waals surface area contributed by atoms with E-state index in [0.29, 0.717) is 61.4 Å². The van der Waals surface area contributed by atoms with Crippen molar-refractivity contribution in [1.82, 2.24) is 74.8 Å². The number of benzene rings is 3. The molecule has 0 unspecified atom stereocenters. The Morgan fingerprint density at radius 1 is 0.495 bits per heavy atom. The van der Waals surface area contributed by atoms with Gasteiger partial charge in [0.05, 0.1) is 63.3 Å². The summed E-state index contributed by atoms with van der Waals surface area (Å²) in [7, 11) is -2.22. The van der Waals surface area contributed by atoms with Gasteiger partial charge in [-0.1, -0.05) is 57.5 Å². The Kier molecular flexibility index (Phi) is 23.3. The van der Waals surface area contributed by atoms with Crippen LogP contribution in [-0.2, 0) is 36.0 Å². The number of likely N-dealkylation sites (tertiary alicyclic amines) is 2. The second-order valence-corrected chi connectivity index (χ2v) is 38.8. The molecule has 24 nitrogen and oxygen atoms in total. The van der Waals surface area contributed by atoms with Gasteiger partial charge in [0.1, 0.15) is 36.4 Å². The summed E-state index contributed by atoms with van der Waals surface area (Å²) in [6, 6.07) is 48.4. The van der Waals surface area contributed by atoms with E-state index in [1.54, 1.807) is 43.2 Å². The van der Waals surface area contributed by atoms with Crippen molar-refractivity contribution in [2.75, 3.05) is 52.5 Å². The summed E-state index contributed by atoms with van der Waals surface area (Å²) in [5.74, 6) is 3.63. The van der Waals surface area contributed by atoms with Crippen LogP contribution < -0.4 is 19.5 Å². The Morgan fingerprint density at radius 3 is 1.29 bits per heavy atom. The Bertz CT molecular complexity index is 4660. The molecule has 0 radical (unpaired) electrons. The molecule has 3 saturated heterocycles. The minimum Gasteiger partial charge on any atom is -0.439 e. The smallest absolute Gasteiger partial charge is 0.219 e. The van der Waals surface area contributed by atoms with E-state index in [0.717, 1.165) is 154 Å². The van der Waals surface area contributed by atoms with E-state index >= 15 is 0 Å². The zero-order chi connectivity index (χ0) is 70.3. The molecule has 3 aromatic carbocycles. The molecular formula is C75H87N15O9Si2. The number of hydrogen-bond donors (Lipinski definition) is 5. The summed E-state index contributed by atoms with van der Waals surface area (Å²) in [5, 5.41) is 48.7. The van der Waals surface area contributed by atoms with E-state index < -0.39 is 16.1 Å². The lowest BCUT2D eigenvalue weighted by Crippen LogP contribution is -2.49. The van der Waals surface area contributed by atoms with E-state index in [1.807, 2.05) is 137 Å². The summed E-state index contributed by atoms with van der Waals surface area (Å²) in [6.07, 6.45) is 10.9. The number of pyridine rings is 6. The molecule has 0 amide bonds. The maximum Gasteiger partial charge on any atom is 0.219 e. The highest BCUT2D eigenvalue weighted by Crippen LogP contribution is 2.31. The van der Waals surface area contributed by atoms with Gasteiger partial charge in [0.25, 0.3) is 0 Å². The molecule has 0 atom stereocenters. The second-order valence-electron chi connectivity index (χ2n) is 27.6. The van der Waals surface area contributed by atoms with E-state index in [9.17, 15) is 15.0 Å². The highest BCUT2D eigenvalue weighted by molar-refractivity contribution is 6.76. The number of aliphatic hydroxyl groups excluding tert-OH is 3. The van der Waals surface area contributed by atoms with Crippen molar-refractivity contribution in [3.63, 3.8) is 0 Å². The number of fused-ring (bicyclic) bond motifs is 3. The topological polar surface area (TPSA) is 284 Å². The number of carbonyl (C=O) groups is 1. The van der Waals surface area contributed by atoms with Gasteiger partial charge in [-0.25, -0.2) is 29.3 Å². The Morgan fingerprint density at radius 2 is 0.921 bits per heavy atom. The van der Waals surface area contributed by atoms with Crippen molar-refractivity contribution in [3.8, 4) is 68.7 Å². The number of ether oxygens (including phenoxy) is 5. The zero-order valence-corrected chi connectivity index (χ0v) is 59.6. The molecule has 3 fully saturated rings. The molecule has 9 aromatic heterocycles. The lowest BCUT2D eigenvalue weighted by Gasteiger charge is -2.35. The third-order valence-corrected chi connectivity index (χ3v) is 20.2. The van der Waals surface area contributed by atoms with Gasteiger partial charge in [-0.05, 0) is 121 Å². The van der Waals surface area contributed by atoms with Gasteiger partial charge >= 0.3 is 0 Å². The number of rotatable bonds is 24. The first-order valence-corrected chi connectivity index (χ1v) is 41.2. The van der Waals surface area contributed by atoms with Gasteiger partial charge in [-0.2, -0.15) is 15.3 Å². The quantitative estimate of drug-likeness (QED) is 0.0213. The van der Waals surface area contributed by atoms with Gasteiger partial charge in [0.15, 0.2) is 6.29 Å². The number of aldehydes is 1. The lowest BCUT2D eigenvalue weighted by atomic mass is 10.1. The molecule has 3 aliphatic heterocycles. The first kappa shape index (κ1) is 71.0. The van der Waals surface area contributed by atoms with Crippen molar-refractivity contribution >= 4 is 55.1 Å². The summed E-state index contributed by atoms with van der Waals surface area (Å²) >= 11 is 0. The predicted molar refractivity (Wildman–Crippen MR) is 395 cm³/mol. The third-order valence-electron chi connectivity index (χ3n) is 16.8. The number of nitrogens with one attached hydrogen (secondary N) is 2. The second kappa shape index (κ2) is 33.1. The van der Waals surface area contributed by atoms with Crippen LogP contribution in [0, 0.1) is 0 Å². The minimum atomic E-state index is -1.11. The van der Waals surface area contributed by atoms with Crippen LogP contribution in [0.15, 0.2) is 183 Å². The summed E-state index contributed by atoms with van der Waals surface area (Å²) in [5.41, 5.74) is 10.7. The summed E-state index contributed by atoms with van der Waals surface area (Å²) < 4.78 is 33.2. The highest BCUT2D eigenvalue weighted by atomic mass is 28.3. The maximum absolute atomic E-state index is 10.9. The predicted octanol–water partition coefficient (Wildman–Crippen LogP) is 12.4. The summed E-state index contributed by atoms with van der Waals surface area (Å²) in [4.78, 5) is 42.3. The largest absolute Gasteiger partial charge is 0.439 e. The normalized spacial score (nSPS) is 14.3. The zero-order valence-electron chi connectivity index (χ0n) is 57.6. The summed E-state index contributed by atoms with van der Waals surface area (Å²) in [6.45, 7) is 22.4. The Labute approximate surface area is 589 Å². The molecule has 3 aliphatic rings.